The zero-order valence-corrected chi connectivity index (χ0v) is 16.8. The largest absolute Gasteiger partial charge is 0.496 e. The van der Waals surface area contributed by atoms with Gasteiger partial charge in [-0.25, -0.2) is 0 Å². The number of aryl methyl sites for hydroxylation is 3. The number of rotatable bonds is 9. The van der Waals surface area contributed by atoms with Crippen LogP contribution in [0.25, 0.3) is 0 Å². The average molecular weight is 398 g/mol. The third kappa shape index (κ3) is 5.85. The van der Waals surface area contributed by atoms with E-state index in [2.05, 4.69) is 27.6 Å². The van der Waals surface area contributed by atoms with Crippen LogP contribution in [0.3, 0.4) is 0 Å². The second-order valence-electron chi connectivity index (χ2n) is 6.32. The number of hydrogen-bond acceptors (Lipinski definition) is 6. The number of hydrogen-bond donors (Lipinski definition) is 1. The summed E-state index contributed by atoms with van der Waals surface area (Å²) in [5, 5.41) is 11.3. The lowest BCUT2D eigenvalue weighted by Gasteiger charge is -2.06. The maximum atomic E-state index is 12.0. The molecule has 6 nitrogen and oxygen atoms in total. The molecule has 1 heterocycles. The van der Waals surface area contributed by atoms with E-state index in [1.807, 2.05) is 43.3 Å². The van der Waals surface area contributed by atoms with Gasteiger partial charge in [-0.2, -0.15) is 0 Å². The van der Waals surface area contributed by atoms with E-state index in [1.54, 1.807) is 7.11 Å². The van der Waals surface area contributed by atoms with Crippen LogP contribution >= 0.6 is 11.8 Å². The summed E-state index contributed by atoms with van der Waals surface area (Å²) in [7, 11) is 1.68. The van der Waals surface area contributed by atoms with Crippen LogP contribution in [0.2, 0.25) is 0 Å². The summed E-state index contributed by atoms with van der Waals surface area (Å²) in [5.74, 6) is 1.61. The van der Waals surface area contributed by atoms with Crippen molar-refractivity contribution >= 4 is 23.4 Å². The number of anilines is 1. The molecule has 0 aliphatic heterocycles. The number of carbonyl (C=O) groups is 1. The molecule has 0 atom stereocenters. The lowest BCUT2D eigenvalue weighted by Crippen LogP contribution is -2.13. The van der Waals surface area contributed by atoms with Gasteiger partial charge >= 0.3 is 0 Å². The Morgan fingerprint density at radius 3 is 2.71 bits per heavy atom. The Bertz CT molecular complexity index is 912. The van der Waals surface area contributed by atoms with Crippen LogP contribution in [0.15, 0.2) is 58.2 Å². The fourth-order valence-electron chi connectivity index (χ4n) is 2.78. The molecule has 0 saturated heterocycles. The smallest absolute Gasteiger partial charge is 0.277 e. The number of methoxy groups -OCH3 is 1. The number of nitrogens with zero attached hydrogens (tertiary/aromatic N) is 2. The molecule has 0 saturated carbocycles. The molecule has 146 valence electrons. The number of para-hydroxylation sites is 1. The van der Waals surface area contributed by atoms with Gasteiger partial charge in [0.15, 0.2) is 0 Å². The number of amides is 1. The summed E-state index contributed by atoms with van der Waals surface area (Å²) in [6, 6.07) is 15.5. The molecular formula is C21H23N3O3S. The van der Waals surface area contributed by atoms with Gasteiger partial charge < -0.3 is 14.5 Å². The van der Waals surface area contributed by atoms with Gasteiger partial charge in [0.1, 0.15) is 5.75 Å². The number of nitrogens with one attached hydrogen (secondary N) is 1. The molecule has 1 amide bonds. The monoisotopic (exact) mass is 397 g/mol. The number of ether oxygens (including phenoxy) is 1. The predicted octanol–water partition coefficient (Wildman–Crippen LogP) is 4.29. The van der Waals surface area contributed by atoms with Crippen molar-refractivity contribution in [1.29, 1.82) is 0 Å². The van der Waals surface area contributed by atoms with Crippen LogP contribution in [0.5, 0.6) is 5.75 Å². The molecule has 0 aliphatic carbocycles. The lowest BCUT2D eigenvalue weighted by molar-refractivity contribution is -0.113. The topological polar surface area (TPSA) is 77.2 Å². The first-order valence-electron chi connectivity index (χ1n) is 9.07. The first kappa shape index (κ1) is 19.9. The fraction of sp³-hybridized carbons (Fsp3) is 0.286. The Morgan fingerprint density at radius 2 is 1.96 bits per heavy atom. The zero-order chi connectivity index (χ0) is 19.8. The number of carbonyl (C=O) groups excluding carboxylic acids is 1. The minimum atomic E-state index is -0.106. The van der Waals surface area contributed by atoms with Gasteiger partial charge in [-0.3, -0.25) is 4.79 Å². The van der Waals surface area contributed by atoms with E-state index < -0.39 is 0 Å². The van der Waals surface area contributed by atoms with Crippen LogP contribution in [0.4, 0.5) is 5.69 Å². The Hall–Kier alpha value is -2.80. The standard InChI is InChI=1S/C21H23N3O3S/c1-15-13-16(11-12-18(15)26-2)7-6-10-20-23-24-21(27-20)28-14-19(25)22-17-8-4-3-5-9-17/h3-5,8-9,11-13H,6-7,10,14H2,1-2H3,(H,22,25). The van der Waals surface area contributed by atoms with Gasteiger partial charge in [0, 0.05) is 12.1 Å². The molecule has 0 fully saturated rings. The highest BCUT2D eigenvalue weighted by molar-refractivity contribution is 7.99. The summed E-state index contributed by atoms with van der Waals surface area (Å²) in [6.07, 6.45) is 2.54. The maximum absolute atomic E-state index is 12.0. The number of benzene rings is 2. The summed E-state index contributed by atoms with van der Waals surface area (Å²) in [4.78, 5) is 12.0. The van der Waals surface area contributed by atoms with E-state index in [-0.39, 0.29) is 11.7 Å². The summed E-state index contributed by atoms with van der Waals surface area (Å²) in [6.45, 7) is 2.04. The van der Waals surface area contributed by atoms with E-state index in [1.165, 1.54) is 17.3 Å². The summed E-state index contributed by atoms with van der Waals surface area (Å²) in [5.41, 5.74) is 3.16. The lowest BCUT2D eigenvalue weighted by atomic mass is 10.1. The molecule has 2 aromatic carbocycles. The van der Waals surface area contributed by atoms with E-state index in [9.17, 15) is 4.79 Å². The van der Waals surface area contributed by atoms with Crippen LogP contribution in [-0.2, 0) is 17.6 Å². The van der Waals surface area contributed by atoms with Crippen molar-refractivity contribution in [1.82, 2.24) is 10.2 Å². The van der Waals surface area contributed by atoms with E-state index in [0.29, 0.717) is 17.5 Å². The van der Waals surface area contributed by atoms with Crippen molar-refractivity contribution in [3.8, 4) is 5.75 Å². The van der Waals surface area contributed by atoms with E-state index >= 15 is 0 Å². The molecule has 0 aliphatic rings. The van der Waals surface area contributed by atoms with Gasteiger partial charge in [-0.15, -0.1) is 10.2 Å². The van der Waals surface area contributed by atoms with Crippen LogP contribution < -0.4 is 10.1 Å². The summed E-state index contributed by atoms with van der Waals surface area (Å²) < 4.78 is 10.9. The maximum Gasteiger partial charge on any atom is 0.277 e. The molecule has 0 bridgehead atoms. The van der Waals surface area contributed by atoms with Crippen LogP contribution in [0.1, 0.15) is 23.4 Å². The molecular weight excluding hydrogens is 374 g/mol. The van der Waals surface area contributed by atoms with E-state index in [0.717, 1.165) is 29.8 Å². The molecule has 0 radical (unpaired) electrons. The highest BCUT2D eigenvalue weighted by Gasteiger charge is 2.10. The molecule has 1 N–H and O–H groups in total. The van der Waals surface area contributed by atoms with Crippen molar-refractivity contribution in [2.24, 2.45) is 0 Å². The fourth-order valence-corrected chi connectivity index (χ4v) is 3.36. The minimum absolute atomic E-state index is 0.106. The zero-order valence-electron chi connectivity index (χ0n) is 16.0. The Morgan fingerprint density at radius 1 is 1.14 bits per heavy atom. The molecule has 3 aromatic rings. The van der Waals surface area contributed by atoms with Crippen molar-refractivity contribution in [3.63, 3.8) is 0 Å². The molecule has 7 heteroatoms. The Kier molecular flexibility index (Phi) is 7.08. The Labute approximate surface area is 168 Å². The molecule has 3 rings (SSSR count). The van der Waals surface area contributed by atoms with Crippen molar-refractivity contribution in [3.05, 3.63) is 65.5 Å². The second kappa shape index (κ2) is 9.94. The molecule has 0 spiro atoms. The van der Waals surface area contributed by atoms with Gasteiger partial charge in [-0.1, -0.05) is 42.1 Å². The first-order chi connectivity index (χ1) is 13.6. The van der Waals surface area contributed by atoms with Crippen molar-refractivity contribution in [2.75, 3.05) is 18.2 Å². The number of aromatic nitrogens is 2. The van der Waals surface area contributed by atoms with E-state index in [4.69, 9.17) is 9.15 Å². The average Bonchev–Trinajstić information content (AvgIpc) is 3.15. The molecule has 28 heavy (non-hydrogen) atoms. The normalized spacial score (nSPS) is 10.6. The van der Waals surface area contributed by atoms with Gasteiger partial charge in [0.25, 0.3) is 5.22 Å². The second-order valence-corrected chi connectivity index (χ2v) is 7.25. The minimum Gasteiger partial charge on any atom is -0.496 e. The number of thioether (sulfide) groups is 1. The van der Waals surface area contributed by atoms with Gasteiger partial charge in [0.05, 0.1) is 12.9 Å². The predicted molar refractivity (Wildman–Crippen MR) is 110 cm³/mol. The van der Waals surface area contributed by atoms with Gasteiger partial charge in [0.2, 0.25) is 11.8 Å². The highest BCUT2D eigenvalue weighted by Crippen LogP contribution is 2.21. The molecule has 1 aromatic heterocycles. The quantitative estimate of drug-likeness (QED) is 0.543. The van der Waals surface area contributed by atoms with Crippen LogP contribution in [0, 0.1) is 6.92 Å². The summed E-state index contributed by atoms with van der Waals surface area (Å²) >= 11 is 1.24. The Balaban J connectivity index is 1.41. The van der Waals surface area contributed by atoms with Crippen molar-refractivity contribution < 1.29 is 13.9 Å². The van der Waals surface area contributed by atoms with Gasteiger partial charge in [-0.05, 0) is 49.1 Å². The third-order valence-corrected chi connectivity index (χ3v) is 4.97. The molecule has 0 unspecified atom stereocenters. The SMILES string of the molecule is COc1ccc(CCCc2nnc(SCC(=O)Nc3ccccc3)o2)cc1C. The first-order valence-corrected chi connectivity index (χ1v) is 10.1. The van der Waals surface area contributed by atoms with Crippen molar-refractivity contribution in [2.45, 2.75) is 31.4 Å². The highest BCUT2D eigenvalue weighted by atomic mass is 32.2. The third-order valence-electron chi connectivity index (χ3n) is 4.15. The van der Waals surface area contributed by atoms with Crippen LogP contribution in [-0.4, -0.2) is 29.0 Å².